The van der Waals surface area contributed by atoms with E-state index in [9.17, 15) is 18.0 Å². The summed E-state index contributed by atoms with van der Waals surface area (Å²) in [6, 6.07) is 11.5. The molecule has 0 saturated carbocycles. The molecular formula is C19H22N2O5S. The van der Waals surface area contributed by atoms with E-state index in [0.29, 0.717) is 11.3 Å². The van der Waals surface area contributed by atoms with Crippen LogP contribution in [0.2, 0.25) is 0 Å². The Labute approximate surface area is 158 Å². The molecule has 0 aliphatic rings. The van der Waals surface area contributed by atoms with Crippen molar-refractivity contribution in [3.05, 3.63) is 59.7 Å². The van der Waals surface area contributed by atoms with Crippen LogP contribution >= 0.6 is 0 Å². The highest BCUT2D eigenvalue weighted by atomic mass is 32.2. The molecule has 0 spiro atoms. The van der Waals surface area contributed by atoms with Crippen LogP contribution in [0.4, 0.5) is 5.69 Å². The third-order valence-corrected chi connectivity index (χ3v) is 4.87. The molecule has 2 aromatic carbocycles. The molecule has 2 rings (SSSR count). The van der Waals surface area contributed by atoms with Gasteiger partial charge in [0, 0.05) is 16.8 Å². The number of carbonyl (C=O) groups excluding carboxylic acids is 2. The largest absolute Gasteiger partial charge is 0.465 e. The van der Waals surface area contributed by atoms with E-state index in [1.807, 2.05) is 20.8 Å². The van der Waals surface area contributed by atoms with Crippen LogP contribution in [0.1, 0.15) is 41.5 Å². The Morgan fingerprint density at radius 2 is 1.41 bits per heavy atom. The lowest BCUT2D eigenvalue weighted by Crippen LogP contribution is -2.40. The fourth-order valence-electron chi connectivity index (χ4n) is 2.20. The van der Waals surface area contributed by atoms with Gasteiger partial charge < -0.3 is 10.1 Å². The molecule has 0 aliphatic heterocycles. The number of amides is 1. The summed E-state index contributed by atoms with van der Waals surface area (Å²) in [5.74, 6) is -0.786. The summed E-state index contributed by atoms with van der Waals surface area (Å²) in [6.07, 6.45) is 0. The zero-order chi connectivity index (χ0) is 20.2. The van der Waals surface area contributed by atoms with E-state index in [2.05, 4.69) is 14.8 Å². The van der Waals surface area contributed by atoms with Gasteiger partial charge in [-0.1, -0.05) is 0 Å². The molecule has 1 amide bonds. The zero-order valence-electron chi connectivity index (χ0n) is 15.6. The van der Waals surface area contributed by atoms with Crippen molar-refractivity contribution >= 4 is 27.6 Å². The van der Waals surface area contributed by atoms with Gasteiger partial charge in [0.15, 0.2) is 0 Å². The number of methoxy groups -OCH3 is 1. The molecule has 7 nitrogen and oxygen atoms in total. The third-order valence-electron chi connectivity index (χ3n) is 3.47. The van der Waals surface area contributed by atoms with Crippen LogP contribution in [-0.2, 0) is 14.8 Å². The Morgan fingerprint density at radius 3 is 1.89 bits per heavy atom. The van der Waals surface area contributed by atoms with Gasteiger partial charge in [-0.05, 0) is 69.3 Å². The number of esters is 1. The molecule has 0 fully saturated rings. The van der Waals surface area contributed by atoms with Gasteiger partial charge in [0.1, 0.15) is 0 Å². The lowest BCUT2D eigenvalue weighted by molar-refractivity contribution is 0.0600. The molecular weight excluding hydrogens is 368 g/mol. The van der Waals surface area contributed by atoms with Crippen molar-refractivity contribution in [2.24, 2.45) is 0 Å². The maximum absolute atomic E-state index is 12.5. The van der Waals surface area contributed by atoms with Crippen LogP contribution in [-0.4, -0.2) is 32.9 Å². The van der Waals surface area contributed by atoms with Gasteiger partial charge in [-0.25, -0.2) is 13.2 Å². The van der Waals surface area contributed by atoms with E-state index in [0.717, 1.165) is 0 Å². The Morgan fingerprint density at radius 1 is 0.889 bits per heavy atom. The standard InChI is InChI=1S/C19H22N2O5S/c1-19(2,3)20-17(22)13-5-9-15(10-6-13)21-27(24,25)16-11-7-14(8-12-16)18(23)26-4/h5-12,21H,1-4H3,(H,20,22). The number of sulfonamides is 1. The fraction of sp³-hybridized carbons (Fsp3) is 0.263. The van der Waals surface area contributed by atoms with Gasteiger partial charge in [0.25, 0.3) is 15.9 Å². The second kappa shape index (κ2) is 7.79. The van der Waals surface area contributed by atoms with Gasteiger partial charge in [-0.2, -0.15) is 0 Å². The van der Waals surface area contributed by atoms with Gasteiger partial charge in [-0.3, -0.25) is 9.52 Å². The van der Waals surface area contributed by atoms with Crippen LogP contribution in [0, 0.1) is 0 Å². The predicted octanol–water partition coefficient (Wildman–Crippen LogP) is 2.80. The Kier molecular flexibility index (Phi) is 5.90. The molecule has 0 atom stereocenters. The minimum Gasteiger partial charge on any atom is -0.465 e. The van der Waals surface area contributed by atoms with Gasteiger partial charge in [0.2, 0.25) is 0 Å². The highest BCUT2D eigenvalue weighted by molar-refractivity contribution is 7.92. The molecule has 0 bridgehead atoms. The van der Waals surface area contributed by atoms with E-state index >= 15 is 0 Å². The lowest BCUT2D eigenvalue weighted by atomic mass is 10.1. The maximum atomic E-state index is 12.5. The molecule has 0 saturated heterocycles. The summed E-state index contributed by atoms with van der Waals surface area (Å²) in [5.41, 5.74) is 0.633. The topological polar surface area (TPSA) is 102 Å². The Bertz CT molecular complexity index is 928. The van der Waals surface area contributed by atoms with Crippen LogP contribution in [0.15, 0.2) is 53.4 Å². The summed E-state index contributed by atoms with van der Waals surface area (Å²) in [6.45, 7) is 5.62. The molecule has 27 heavy (non-hydrogen) atoms. The lowest BCUT2D eigenvalue weighted by Gasteiger charge is -2.20. The number of hydrogen-bond acceptors (Lipinski definition) is 5. The number of ether oxygens (including phenoxy) is 1. The van der Waals surface area contributed by atoms with Crippen molar-refractivity contribution in [1.29, 1.82) is 0 Å². The molecule has 0 radical (unpaired) electrons. The van der Waals surface area contributed by atoms with E-state index in [-0.39, 0.29) is 21.9 Å². The first-order valence-corrected chi connectivity index (χ1v) is 9.64. The van der Waals surface area contributed by atoms with Gasteiger partial charge in [0.05, 0.1) is 17.6 Å². The maximum Gasteiger partial charge on any atom is 0.337 e. The first kappa shape index (κ1) is 20.4. The average Bonchev–Trinajstić information content (AvgIpc) is 2.60. The SMILES string of the molecule is COC(=O)c1ccc(S(=O)(=O)Nc2ccc(C(=O)NC(C)(C)C)cc2)cc1. The average molecular weight is 390 g/mol. The molecule has 0 aliphatic carbocycles. The first-order valence-electron chi connectivity index (χ1n) is 8.15. The summed E-state index contributed by atoms with van der Waals surface area (Å²) < 4.78 is 31.9. The number of rotatable bonds is 5. The summed E-state index contributed by atoms with van der Waals surface area (Å²) >= 11 is 0. The normalized spacial score (nSPS) is 11.6. The highest BCUT2D eigenvalue weighted by Crippen LogP contribution is 2.18. The van der Waals surface area contributed by atoms with E-state index < -0.39 is 16.0 Å². The highest BCUT2D eigenvalue weighted by Gasteiger charge is 2.17. The molecule has 0 heterocycles. The molecule has 144 valence electrons. The quantitative estimate of drug-likeness (QED) is 0.765. The Balaban J connectivity index is 2.13. The summed E-state index contributed by atoms with van der Waals surface area (Å²) in [5, 5.41) is 2.83. The molecule has 2 N–H and O–H groups in total. The number of hydrogen-bond donors (Lipinski definition) is 2. The number of benzene rings is 2. The van der Waals surface area contributed by atoms with Crippen molar-refractivity contribution in [2.75, 3.05) is 11.8 Å². The summed E-state index contributed by atoms with van der Waals surface area (Å²) in [4.78, 5) is 23.5. The van der Waals surface area contributed by atoms with Crippen LogP contribution in [0.3, 0.4) is 0 Å². The fourth-order valence-corrected chi connectivity index (χ4v) is 3.26. The van der Waals surface area contributed by atoms with Gasteiger partial charge >= 0.3 is 5.97 Å². The minimum atomic E-state index is -3.83. The van der Waals surface area contributed by atoms with E-state index in [1.54, 1.807) is 12.1 Å². The van der Waals surface area contributed by atoms with Gasteiger partial charge in [-0.15, -0.1) is 0 Å². The smallest absolute Gasteiger partial charge is 0.337 e. The second-order valence-electron chi connectivity index (χ2n) is 6.90. The van der Waals surface area contributed by atoms with Crippen molar-refractivity contribution in [1.82, 2.24) is 5.32 Å². The van der Waals surface area contributed by atoms with Crippen molar-refractivity contribution in [3.63, 3.8) is 0 Å². The number of anilines is 1. The second-order valence-corrected chi connectivity index (χ2v) is 8.59. The molecule has 0 unspecified atom stereocenters. The third kappa shape index (κ3) is 5.55. The predicted molar refractivity (Wildman–Crippen MR) is 102 cm³/mol. The van der Waals surface area contributed by atoms with E-state index in [1.165, 1.54) is 43.5 Å². The zero-order valence-corrected chi connectivity index (χ0v) is 16.4. The first-order chi connectivity index (χ1) is 12.5. The number of nitrogens with one attached hydrogen (secondary N) is 2. The van der Waals surface area contributed by atoms with Crippen LogP contribution < -0.4 is 10.0 Å². The van der Waals surface area contributed by atoms with E-state index in [4.69, 9.17) is 0 Å². The monoisotopic (exact) mass is 390 g/mol. The van der Waals surface area contributed by atoms with Crippen molar-refractivity contribution in [3.8, 4) is 0 Å². The molecule has 2 aromatic rings. The van der Waals surface area contributed by atoms with Crippen molar-refractivity contribution in [2.45, 2.75) is 31.2 Å². The Hall–Kier alpha value is -2.87. The molecule has 0 aromatic heterocycles. The van der Waals surface area contributed by atoms with Crippen LogP contribution in [0.5, 0.6) is 0 Å². The molecule has 8 heteroatoms. The minimum absolute atomic E-state index is 0.00436. The van der Waals surface area contributed by atoms with Crippen molar-refractivity contribution < 1.29 is 22.7 Å². The van der Waals surface area contributed by atoms with Crippen LogP contribution in [0.25, 0.3) is 0 Å². The summed E-state index contributed by atoms with van der Waals surface area (Å²) in [7, 11) is -2.58. The number of carbonyl (C=O) groups is 2.